The Kier molecular flexibility index (Phi) is 2.77. The van der Waals surface area contributed by atoms with Gasteiger partial charge in [0.05, 0.1) is 31.2 Å². The van der Waals surface area contributed by atoms with Gasteiger partial charge in [-0.15, -0.1) is 0 Å². The summed E-state index contributed by atoms with van der Waals surface area (Å²) in [6.07, 6.45) is 4.01. The van der Waals surface area contributed by atoms with E-state index < -0.39 is 12.1 Å². The van der Waals surface area contributed by atoms with Gasteiger partial charge in [-0.3, -0.25) is 0 Å². The summed E-state index contributed by atoms with van der Waals surface area (Å²) in [4.78, 5) is 20.4. The molecule has 0 bridgehead atoms. The van der Waals surface area contributed by atoms with Crippen LogP contribution in [0.1, 0.15) is 0 Å². The fraction of sp³-hybridized carbons (Fsp3) is 0.444. The van der Waals surface area contributed by atoms with Gasteiger partial charge in [-0.25, -0.2) is 14.8 Å². The van der Waals surface area contributed by atoms with E-state index in [1.165, 1.54) is 6.33 Å². The number of hydrogen-bond donors (Lipinski definition) is 1. The maximum atomic E-state index is 10.7. The zero-order valence-electron chi connectivity index (χ0n) is 8.04. The van der Waals surface area contributed by atoms with Crippen molar-refractivity contribution >= 4 is 11.7 Å². The molecule has 0 saturated carbocycles. The van der Waals surface area contributed by atoms with Gasteiger partial charge < -0.3 is 14.7 Å². The molecule has 1 saturated heterocycles. The highest BCUT2D eigenvalue weighted by Gasteiger charge is 2.26. The van der Waals surface area contributed by atoms with Crippen LogP contribution in [-0.4, -0.2) is 46.8 Å². The van der Waals surface area contributed by atoms with Crippen molar-refractivity contribution in [2.24, 2.45) is 0 Å². The lowest BCUT2D eigenvalue weighted by Crippen LogP contribution is -2.46. The third kappa shape index (κ3) is 2.21. The number of anilines is 1. The number of morpholine rings is 1. The fourth-order valence-electron chi connectivity index (χ4n) is 1.49. The summed E-state index contributed by atoms with van der Waals surface area (Å²) in [5.74, 6) is -0.934. The van der Waals surface area contributed by atoms with Gasteiger partial charge in [0.2, 0.25) is 0 Å². The average molecular weight is 209 g/mol. The van der Waals surface area contributed by atoms with E-state index in [1.54, 1.807) is 12.4 Å². The molecule has 1 aromatic heterocycles. The van der Waals surface area contributed by atoms with Crippen molar-refractivity contribution in [2.45, 2.75) is 6.10 Å². The van der Waals surface area contributed by atoms with E-state index >= 15 is 0 Å². The number of rotatable bonds is 2. The Bertz CT molecular complexity index is 344. The molecule has 1 atom stereocenters. The third-order valence-electron chi connectivity index (χ3n) is 2.25. The Labute approximate surface area is 86.5 Å². The molecule has 15 heavy (non-hydrogen) atoms. The van der Waals surface area contributed by atoms with Crippen molar-refractivity contribution in [3.8, 4) is 0 Å². The maximum Gasteiger partial charge on any atom is 0.334 e. The summed E-state index contributed by atoms with van der Waals surface area (Å²) in [6, 6.07) is 0. The van der Waals surface area contributed by atoms with E-state index in [-0.39, 0.29) is 0 Å². The SMILES string of the molecule is O=C(O)C1CN(c2cncnc2)CCO1. The molecular weight excluding hydrogens is 198 g/mol. The molecule has 2 rings (SSSR count). The lowest BCUT2D eigenvalue weighted by Gasteiger charge is -2.31. The van der Waals surface area contributed by atoms with E-state index in [0.717, 1.165) is 5.69 Å². The van der Waals surface area contributed by atoms with E-state index in [2.05, 4.69) is 9.97 Å². The molecule has 0 spiro atoms. The van der Waals surface area contributed by atoms with Gasteiger partial charge in [-0.1, -0.05) is 0 Å². The third-order valence-corrected chi connectivity index (χ3v) is 2.25. The van der Waals surface area contributed by atoms with Crippen molar-refractivity contribution in [3.05, 3.63) is 18.7 Å². The van der Waals surface area contributed by atoms with Gasteiger partial charge in [0.15, 0.2) is 6.10 Å². The minimum atomic E-state index is -0.934. The van der Waals surface area contributed by atoms with Crippen molar-refractivity contribution in [3.63, 3.8) is 0 Å². The molecule has 2 heterocycles. The van der Waals surface area contributed by atoms with Crippen LogP contribution < -0.4 is 4.90 Å². The largest absolute Gasteiger partial charge is 0.479 e. The Morgan fingerprint density at radius 2 is 2.27 bits per heavy atom. The van der Waals surface area contributed by atoms with E-state index in [9.17, 15) is 4.79 Å². The minimum Gasteiger partial charge on any atom is -0.479 e. The lowest BCUT2D eigenvalue weighted by atomic mass is 10.2. The highest BCUT2D eigenvalue weighted by atomic mass is 16.5. The number of hydrogen-bond acceptors (Lipinski definition) is 5. The second kappa shape index (κ2) is 4.22. The summed E-state index contributed by atoms with van der Waals surface area (Å²) in [5, 5.41) is 8.82. The Balaban J connectivity index is 2.08. The number of aromatic nitrogens is 2. The molecule has 0 amide bonds. The maximum absolute atomic E-state index is 10.7. The molecular formula is C9H11N3O3. The molecule has 0 aliphatic carbocycles. The molecule has 80 valence electrons. The second-order valence-electron chi connectivity index (χ2n) is 3.24. The molecule has 0 aromatic carbocycles. The van der Waals surface area contributed by atoms with E-state index in [4.69, 9.17) is 9.84 Å². The van der Waals surface area contributed by atoms with Crippen LogP contribution in [0.3, 0.4) is 0 Å². The van der Waals surface area contributed by atoms with Crippen LogP contribution >= 0.6 is 0 Å². The molecule has 0 radical (unpaired) electrons. The first-order valence-electron chi connectivity index (χ1n) is 4.62. The van der Waals surface area contributed by atoms with Crippen LogP contribution in [0.4, 0.5) is 5.69 Å². The van der Waals surface area contributed by atoms with Crippen LogP contribution in [0.2, 0.25) is 0 Å². The molecule has 1 fully saturated rings. The number of ether oxygens (including phenoxy) is 1. The summed E-state index contributed by atoms with van der Waals surface area (Å²) in [7, 11) is 0. The first kappa shape index (κ1) is 9.85. The first-order valence-corrected chi connectivity index (χ1v) is 4.62. The summed E-state index contributed by atoms with van der Waals surface area (Å²) in [5.41, 5.74) is 0.826. The van der Waals surface area contributed by atoms with Crippen molar-refractivity contribution in [1.82, 2.24) is 9.97 Å². The van der Waals surface area contributed by atoms with Gasteiger partial charge in [0, 0.05) is 6.54 Å². The molecule has 1 aromatic rings. The quantitative estimate of drug-likeness (QED) is 0.724. The topological polar surface area (TPSA) is 75.5 Å². The van der Waals surface area contributed by atoms with E-state index in [1.807, 2.05) is 4.90 Å². The Morgan fingerprint density at radius 3 is 2.93 bits per heavy atom. The Morgan fingerprint density at radius 1 is 1.53 bits per heavy atom. The molecule has 1 N–H and O–H groups in total. The van der Waals surface area contributed by atoms with Crippen molar-refractivity contribution < 1.29 is 14.6 Å². The number of carboxylic acid groups (broad SMARTS) is 1. The fourth-order valence-corrected chi connectivity index (χ4v) is 1.49. The molecule has 1 aliphatic heterocycles. The normalized spacial score (nSPS) is 21.3. The monoisotopic (exact) mass is 209 g/mol. The molecule has 1 aliphatic rings. The summed E-state index contributed by atoms with van der Waals surface area (Å²) >= 11 is 0. The number of nitrogens with zero attached hydrogens (tertiary/aromatic N) is 3. The zero-order valence-corrected chi connectivity index (χ0v) is 8.04. The van der Waals surface area contributed by atoms with Crippen LogP contribution in [0.5, 0.6) is 0 Å². The van der Waals surface area contributed by atoms with Crippen LogP contribution in [0, 0.1) is 0 Å². The number of aliphatic carboxylic acids is 1. The zero-order chi connectivity index (χ0) is 10.7. The standard InChI is InChI=1S/C9H11N3O3/c13-9(14)8-5-12(1-2-15-8)7-3-10-6-11-4-7/h3-4,6,8H,1-2,5H2,(H,13,14). The van der Waals surface area contributed by atoms with Gasteiger partial charge in [-0.2, -0.15) is 0 Å². The smallest absolute Gasteiger partial charge is 0.334 e. The highest BCUT2D eigenvalue weighted by Crippen LogP contribution is 2.14. The highest BCUT2D eigenvalue weighted by molar-refractivity contribution is 5.73. The van der Waals surface area contributed by atoms with Gasteiger partial charge in [0.1, 0.15) is 6.33 Å². The molecule has 1 unspecified atom stereocenters. The lowest BCUT2D eigenvalue weighted by molar-refractivity contribution is -0.150. The predicted octanol–water partition coefficient (Wildman–Crippen LogP) is -0.234. The summed E-state index contributed by atoms with van der Waals surface area (Å²) < 4.78 is 5.11. The van der Waals surface area contributed by atoms with Crippen LogP contribution in [0.15, 0.2) is 18.7 Å². The van der Waals surface area contributed by atoms with Gasteiger partial charge in [-0.05, 0) is 0 Å². The predicted molar refractivity (Wildman–Crippen MR) is 51.6 cm³/mol. The van der Waals surface area contributed by atoms with Gasteiger partial charge in [0.25, 0.3) is 0 Å². The molecule has 6 nitrogen and oxygen atoms in total. The van der Waals surface area contributed by atoms with E-state index in [0.29, 0.717) is 19.7 Å². The first-order chi connectivity index (χ1) is 7.27. The average Bonchev–Trinajstić information content (AvgIpc) is 2.30. The van der Waals surface area contributed by atoms with Crippen LogP contribution in [-0.2, 0) is 9.53 Å². The summed E-state index contributed by atoms with van der Waals surface area (Å²) in [6.45, 7) is 1.41. The van der Waals surface area contributed by atoms with Crippen molar-refractivity contribution in [1.29, 1.82) is 0 Å². The van der Waals surface area contributed by atoms with Gasteiger partial charge >= 0.3 is 5.97 Å². The second-order valence-corrected chi connectivity index (χ2v) is 3.24. The number of carboxylic acids is 1. The number of carbonyl (C=O) groups is 1. The Hall–Kier alpha value is -1.69. The van der Waals surface area contributed by atoms with Crippen molar-refractivity contribution in [2.75, 3.05) is 24.6 Å². The molecule has 6 heteroatoms. The van der Waals surface area contributed by atoms with Crippen LogP contribution in [0.25, 0.3) is 0 Å². The minimum absolute atomic E-state index is 0.336.